The van der Waals surface area contributed by atoms with Crippen molar-refractivity contribution in [2.45, 2.75) is 18.4 Å². The van der Waals surface area contributed by atoms with Gasteiger partial charge in [-0.2, -0.15) is 0 Å². The first kappa shape index (κ1) is 14.6. The number of para-hydroxylation sites is 1. The Kier molecular flexibility index (Phi) is 4.11. The first-order valence-electron chi connectivity index (χ1n) is 7.56. The fourth-order valence-corrected chi connectivity index (χ4v) is 2.68. The van der Waals surface area contributed by atoms with E-state index in [-0.39, 0.29) is 18.5 Å². The van der Waals surface area contributed by atoms with Gasteiger partial charge in [0.1, 0.15) is 5.60 Å². The zero-order valence-corrected chi connectivity index (χ0v) is 12.3. The number of hydrogen-bond acceptors (Lipinski definition) is 2. The largest absolute Gasteiger partial charge is 0.383 e. The number of amides is 2. The van der Waals surface area contributed by atoms with Crippen LogP contribution in [0.1, 0.15) is 18.4 Å². The molecule has 4 nitrogen and oxygen atoms in total. The summed E-state index contributed by atoms with van der Waals surface area (Å²) in [4.78, 5) is 12.0. The summed E-state index contributed by atoms with van der Waals surface area (Å²) in [5, 5.41) is 16.6. The Balaban J connectivity index is 1.64. The SMILES string of the molecule is O=C(NCC(O)(c1ccccc1)C1CC1)Nc1ccccc1. The van der Waals surface area contributed by atoms with Crippen LogP contribution in [0.25, 0.3) is 0 Å². The summed E-state index contributed by atoms with van der Waals surface area (Å²) in [5.41, 5.74) is 0.599. The minimum Gasteiger partial charge on any atom is -0.383 e. The van der Waals surface area contributed by atoms with Crippen molar-refractivity contribution in [1.82, 2.24) is 5.32 Å². The van der Waals surface area contributed by atoms with Gasteiger partial charge in [0, 0.05) is 5.69 Å². The summed E-state index contributed by atoms with van der Waals surface area (Å²) in [6.45, 7) is 0.209. The number of urea groups is 1. The molecule has 0 saturated heterocycles. The summed E-state index contributed by atoms with van der Waals surface area (Å²) in [6, 6.07) is 18.5. The molecular formula is C18H20N2O2. The molecule has 2 aromatic rings. The number of carbonyl (C=O) groups excluding carboxylic acids is 1. The third-order valence-electron chi connectivity index (χ3n) is 4.08. The monoisotopic (exact) mass is 296 g/mol. The highest BCUT2D eigenvalue weighted by Crippen LogP contribution is 2.45. The Bertz CT molecular complexity index is 626. The minimum absolute atomic E-state index is 0.209. The highest BCUT2D eigenvalue weighted by Gasteiger charge is 2.45. The van der Waals surface area contributed by atoms with Crippen LogP contribution in [0, 0.1) is 5.92 Å². The van der Waals surface area contributed by atoms with Gasteiger partial charge >= 0.3 is 6.03 Å². The molecule has 1 fully saturated rings. The van der Waals surface area contributed by atoms with Crippen LogP contribution in [0.3, 0.4) is 0 Å². The Labute approximate surface area is 130 Å². The van der Waals surface area contributed by atoms with E-state index in [4.69, 9.17) is 0 Å². The van der Waals surface area contributed by atoms with Crippen LogP contribution in [0.5, 0.6) is 0 Å². The maximum absolute atomic E-state index is 12.0. The van der Waals surface area contributed by atoms with Gasteiger partial charge in [0.05, 0.1) is 6.54 Å². The molecule has 0 aliphatic heterocycles. The maximum atomic E-state index is 12.0. The number of rotatable bonds is 5. The molecular weight excluding hydrogens is 276 g/mol. The molecule has 1 aliphatic carbocycles. The summed E-state index contributed by atoms with van der Waals surface area (Å²) in [7, 11) is 0. The van der Waals surface area contributed by atoms with Gasteiger partial charge in [-0.15, -0.1) is 0 Å². The summed E-state index contributed by atoms with van der Waals surface area (Å²) < 4.78 is 0. The number of aliphatic hydroxyl groups is 1. The van der Waals surface area contributed by atoms with Crippen molar-refractivity contribution in [2.75, 3.05) is 11.9 Å². The molecule has 1 saturated carbocycles. The lowest BCUT2D eigenvalue weighted by Crippen LogP contribution is -2.43. The third kappa shape index (κ3) is 3.28. The molecule has 0 heterocycles. The zero-order valence-electron chi connectivity index (χ0n) is 12.3. The predicted octanol–water partition coefficient (Wildman–Crippen LogP) is 3.11. The lowest BCUT2D eigenvalue weighted by molar-refractivity contribution is 0.0164. The lowest BCUT2D eigenvalue weighted by Gasteiger charge is -2.29. The van der Waals surface area contributed by atoms with Gasteiger partial charge in [-0.25, -0.2) is 4.79 Å². The molecule has 4 heteroatoms. The van der Waals surface area contributed by atoms with E-state index in [2.05, 4.69) is 10.6 Å². The van der Waals surface area contributed by atoms with E-state index in [9.17, 15) is 9.90 Å². The van der Waals surface area contributed by atoms with Crippen molar-refractivity contribution in [3.63, 3.8) is 0 Å². The van der Waals surface area contributed by atoms with E-state index in [1.165, 1.54) is 0 Å². The molecule has 0 spiro atoms. The topological polar surface area (TPSA) is 61.4 Å². The number of benzene rings is 2. The molecule has 0 bridgehead atoms. The van der Waals surface area contributed by atoms with E-state index in [0.29, 0.717) is 0 Å². The third-order valence-corrected chi connectivity index (χ3v) is 4.08. The van der Waals surface area contributed by atoms with Crippen LogP contribution in [0.4, 0.5) is 10.5 Å². The van der Waals surface area contributed by atoms with E-state index < -0.39 is 5.60 Å². The Morgan fingerprint density at radius 1 is 1.05 bits per heavy atom. The standard InChI is InChI=1S/C18H20N2O2/c21-17(20-16-9-5-2-6-10-16)19-13-18(22,15-11-12-15)14-7-3-1-4-8-14/h1-10,15,22H,11-13H2,(H2,19,20,21). The summed E-state index contributed by atoms with van der Waals surface area (Å²) >= 11 is 0. The van der Waals surface area contributed by atoms with Crippen LogP contribution < -0.4 is 10.6 Å². The van der Waals surface area contributed by atoms with Crippen molar-refractivity contribution in [3.8, 4) is 0 Å². The molecule has 3 rings (SSSR count). The van der Waals surface area contributed by atoms with Gasteiger partial charge in [0.25, 0.3) is 0 Å². The van der Waals surface area contributed by atoms with E-state index in [1.807, 2.05) is 60.7 Å². The quantitative estimate of drug-likeness (QED) is 0.794. The fourth-order valence-electron chi connectivity index (χ4n) is 2.68. The minimum atomic E-state index is -0.991. The highest BCUT2D eigenvalue weighted by molar-refractivity contribution is 5.89. The molecule has 1 unspecified atom stereocenters. The van der Waals surface area contributed by atoms with Crippen LogP contribution >= 0.6 is 0 Å². The van der Waals surface area contributed by atoms with Gasteiger partial charge in [-0.05, 0) is 36.5 Å². The molecule has 22 heavy (non-hydrogen) atoms. The average molecular weight is 296 g/mol. The molecule has 2 aromatic carbocycles. The average Bonchev–Trinajstić information content (AvgIpc) is 3.40. The number of carbonyl (C=O) groups is 1. The molecule has 1 aliphatic rings. The fraction of sp³-hybridized carbons (Fsp3) is 0.278. The van der Waals surface area contributed by atoms with Gasteiger partial charge in [-0.3, -0.25) is 0 Å². The molecule has 3 N–H and O–H groups in total. The van der Waals surface area contributed by atoms with Crippen LogP contribution in [-0.2, 0) is 5.60 Å². The number of hydrogen-bond donors (Lipinski definition) is 3. The smallest absolute Gasteiger partial charge is 0.319 e. The van der Waals surface area contributed by atoms with Crippen molar-refractivity contribution >= 4 is 11.7 Å². The highest BCUT2D eigenvalue weighted by atomic mass is 16.3. The normalized spacial score (nSPS) is 16.6. The Morgan fingerprint density at radius 2 is 1.64 bits per heavy atom. The predicted molar refractivity (Wildman–Crippen MR) is 86.5 cm³/mol. The van der Waals surface area contributed by atoms with E-state index >= 15 is 0 Å². The maximum Gasteiger partial charge on any atom is 0.319 e. The van der Waals surface area contributed by atoms with Crippen LogP contribution in [0.15, 0.2) is 60.7 Å². The number of nitrogens with one attached hydrogen (secondary N) is 2. The molecule has 2 amide bonds. The first-order chi connectivity index (χ1) is 10.7. The van der Waals surface area contributed by atoms with E-state index in [1.54, 1.807) is 0 Å². The van der Waals surface area contributed by atoms with Crippen LogP contribution in [-0.4, -0.2) is 17.7 Å². The van der Waals surface area contributed by atoms with Gasteiger partial charge in [0.2, 0.25) is 0 Å². The van der Waals surface area contributed by atoms with Crippen molar-refractivity contribution < 1.29 is 9.90 Å². The molecule has 0 aromatic heterocycles. The van der Waals surface area contributed by atoms with Crippen molar-refractivity contribution in [2.24, 2.45) is 5.92 Å². The Hall–Kier alpha value is -2.33. The summed E-state index contributed by atoms with van der Waals surface area (Å²) in [6.07, 6.45) is 1.99. The second-order valence-corrected chi connectivity index (χ2v) is 5.74. The van der Waals surface area contributed by atoms with Crippen LogP contribution in [0.2, 0.25) is 0 Å². The molecule has 0 radical (unpaired) electrons. The Morgan fingerprint density at radius 3 is 2.23 bits per heavy atom. The van der Waals surface area contributed by atoms with E-state index in [0.717, 1.165) is 24.1 Å². The molecule has 1 atom stereocenters. The van der Waals surface area contributed by atoms with Crippen molar-refractivity contribution in [3.05, 3.63) is 66.2 Å². The van der Waals surface area contributed by atoms with Gasteiger partial charge in [-0.1, -0.05) is 48.5 Å². The lowest BCUT2D eigenvalue weighted by atomic mass is 9.89. The molecule has 114 valence electrons. The van der Waals surface area contributed by atoms with Crippen molar-refractivity contribution in [1.29, 1.82) is 0 Å². The second kappa shape index (κ2) is 6.20. The second-order valence-electron chi connectivity index (χ2n) is 5.74. The van der Waals surface area contributed by atoms with Gasteiger partial charge < -0.3 is 15.7 Å². The first-order valence-corrected chi connectivity index (χ1v) is 7.56. The summed E-state index contributed by atoms with van der Waals surface area (Å²) in [5.74, 6) is 0.215. The zero-order chi connectivity index (χ0) is 15.4. The van der Waals surface area contributed by atoms with Gasteiger partial charge in [0.15, 0.2) is 0 Å². The number of anilines is 1.